The molecule has 0 spiro atoms. The quantitative estimate of drug-likeness (QED) is 0.646. The third-order valence-electron chi connectivity index (χ3n) is 3.38. The fourth-order valence-electron chi connectivity index (χ4n) is 2.07. The van der Waals surface area contributed by atoms with E-state index in [1.165, 1.54) is 7.11 Å². The molecule has 0 aliphatic heterocycles. The first-order valence-corrected chi connectivity index (χ1v) is 5.82. The molecule has 5 heteroatoms. The number of esters is 1. The van der Waals surface area contributed by atoms with Crippen molar-refractivity contribution in [1.82, 2.24) is 9.88 Å². The van der Waals surface area contributed by atoms with Crippen LogP contribution in [-0.2, 0) is 11.8 Å². The molecule has 0 fully saturated rings. The van der Waals surface area contributed by atoms with Crippen LogP contribution in [0.4, 0.5) is 0 Å². The number of ketones is 1. The third-order valence-corrected chi connectivity index (χ3v) is 3.38. The van der Waals surface area contributed by atoms with Crippen molar-refractivity contribution in [2.24, 2.45) is 7.05 Å². The van der Waals surface area contributed by atoms with Crippen LogP contribution in [0.2, 0.25) is 0 Å². The van der Waals surface area contributed by atoms with Gasteiger partial charge in [0.05, 0.1) is 13.2 Å². The van der Waals surface area contributed by atoms with Gasteiger partial charge in [-0.15, -0.1) is 0 Å². The van der Waals surface area contributed by atoms with Gasteiger partial charge in [0.25, 0.3) is 0 Å². The fourth-order valence-corrected chi connectivity index (χ4v) is 2.07. The van der Waals surface area contributed by atoms with Gasteiger partial charge >= 0.3 is 5.97 Å². The number of hydrogen-bond acceptors (Lipinski definition) is 4. The third kappa shape index (κ3) is 2.18. The fraction of sp³-hybridized carbons (Fsp3) is 0.538. The Kier molecular flexibility index (Phi) is 4.29. The van der Waals surface area contributed by atoms with E-state index in [0.29, 0.717) is 16.8 Å². The molecule has 0 bridgehead atoms. The van der Waals surface area contributed by atoms with Gasteiger partial charge in [-0.25, -0.2) is 4.79 Å². The normalized spacial score (nSPS) is 12.3. The van der Waals surface area contributed by atoms with Gasteiger partial charge in [0, 0.05) is 18.3 Å². The lowest BCUT2D eigenvalue weighted by molar-refractivity contribution is 0.0588. The van der Waals surface area contributed by atoms with Crippen LogP contribution in [0.3, 0.4) is 0 Å². The van der Waals surface area contributed by atoms with Crippen LogP contribution in [0.1, 0.15) is 39.0 Å². The number of hydrogen-bond donors (Lipinski definition) is 1. The van der Waals surface area contributed by atoms with Crippen LogP contribution in [-0.4, -0.2) is 36.5 Å². The molecule has 0 aliphatic carbocycles. The average molecular weight is 252 g/mol. The monoisotopic (exact) mass is 252 g/mol. The van der Waals surface area contributed by atoms with E-state index >= 15 is 0 Å². The number of nitrogens with zero attached hydrogens (tertiary/aromatic N) is 1. The van der Waals surface area contributed by atoms with Gasteiger partial charge in [0.2, 0.25) is 0 Å². The maximum atomic E-state index is 12.3. The van der Waals surface area contributed by atoms with E-state index in [1.54, 1.807) is 32.5 Å². The molecule has 1 heterocycles. The first-order valence-electron chi connectivity index (χ1n) is 5.82. The molecule has 1 unspecified atom stereocenters. The van der Waals surface area contributed by atoms with Crippen LogP contribution in [0.25, 0.3) is 0 Å². The maximum Gasteiger partial charge on any atom is 0.354 e. The van der Waals surface area contributed by atoms with Crippen molar-refractivity contribution >= 4 is 11.8 Å². The van der Waals surface area contributed by atoms with Gasteiger partial charge in [0.1, 0.15) is 5.69 Å². The van der Waals surface area contributed by atoms with E-state index in [4.69, 9.17) is 4.74 Å². The van der Waals surface area contributed by atoms with Gasteiger partial charge in [-0.1, -0.05) is 0 Å². The number of methoxy groups -OCH3 is 1. The number of ether oxygens (including phenoxy) is 1. The van der Waals surface area contributed by atoms with Crippen molar-refractivity contribution in [2.45, 2.75) is 26.8 Å². The lowest BCUT2D eigenvalue weighted by Gasteiger charge is -2.09. The van der Waals surface area contributed by atoms with E-state index in [0.717, 1.165) is 5.69 Å². The smallest absolute Gasteiger partial charge is 0.354 e. The summed E-state index contributed by atoms with van der Waals surface area (Å²) in [6, 6.07) is -0.282. The molecule has 0 saturated heterocycles. The second-order valence-corrected chi connectivity index (χ2v) is 4.36. The molecule has 0 saturated carbocycles. The van der Waals surface area contributed by atoms with E-state index in [-0.39, 0.29) is 11.8 Å². The van der Waals surface area contributed by atoms with Crippen LogP contribution in [0.5, 0.6) is 0 Å². The molecular formula is C13H20N2O3. The highest BCUT2D eigenvalue weighted by atomic mass is 16.5. The minimum Gasteiger partial charge on any atom is -0.464 e. The first-order chi connectivity index (χ1) is 8.36. The van der Waals surface area contributed by atoms with Crippen LogP contribution in [0, 0.1) is 13.8 Å². The topological polar surface area (TPSA) is 60.3 Å². The second kappa shape index (κ2) is 5.35. The summed E-state index contributed by atoms with van der Waals surface area (Å²) in [5.41, 5.74) is 2.48. The van der Waals surface area contributed by atoms with Crippen molar-refractivity contribution in [3.63, 3.8) is 0 Å². The van der Waals surface area contributed by atoms with Crippen molar-refractivity contribution < 1.29 is 14.3 Å². The average Bonchev–Trinajstić information content (AvgIpc) is 2.58. The van der Waals surface area contributed by atoms with Crippen molar-refractivity contribution in [3.05, 3.63) is 22.5 Å². The predicted molar refractivity (Wildman–Crippen MR) is 69.1 cm³/mol. The zero-order valence-corrected chi connectivity index (χ0v) is 11.7. The molecule has 1 aromatic heterocycles. The molecule has 1 N–H and O–H groups in total. The van der Waals surface area contributed by atoms with Gasteiger partial charge < -0.3 is 14.6 Å². The standard InChI is InChI=1S/C13H20N2O3/c1-7-10(12(16)8(2)14-4)9(3)15(5)11(7)13(17)18-6/h8,14H,1-6H3. The lowest BCUT2D eigenvalue weighted by atomic mass is 10.0. The zero-order valence-electron chi connectivity index (χ0n) is 11.7. The molecule has 1 atom stereocenters. The number of nitrogens with one attached hydrogen (secondary N) is 1. The summed E-state index contributed by atoms with van der Waals surface area (Å²) in [5.74, 6) is -0.437. The molecule has 0 aliphatic rings. The van der Waals surface area contributed by atoms with E-state index < -0.39 is 5.97 Å². The Morgan fingerprint density at radius 2 is 1.89 bits per heavy atom. The van der Waals surface area contributed by atoms with Crippen molar-refractivity contribution in [2.75, 3.05) is 14.2 Å². The number of likely N-dealkylation sites (N-methyl/N-ethyl adjacent to an activating group) is 1. The summed E-state index contributed by atoms with van der Waals surface area (Å²) < 4.78 is 6.45. The molecular weight excluding hydrogens is 232 g/mol. The Bertz CT molecular complexity index is 489. The van der Waals surface area contributed by atoms with Gasteiger partial charge in [0.15, 0.2) is 5.78 Å². The summed E-state index contributed by atoms with van der Waals surface area (Å²) in [4.78, 5) is 24.0. The minimum atomic E-state index is -0.422. The van der Waals surface area contributed by atoms with Crippen LogP contribution in [0.15, 0.2) is 0 Å². The Labute approximate surface area is 107 Å². The number of aromatic nitrogens is 1. The van der Waals surface area contributed by atoms with Crippen LogP contribution >= 0.6 is 0 Å². The van der Waals surface area contributed by atoms with E-state index in [1.807, 2.05) is 6.92 Å². The zero-order chi connectivity index (χ0) is 14.0. The van der Waals surface area contributed by atoms with E-state index in [9.17, 15) is 9.59 Å². The summed E-state index contributed by atoms with van der Waals surface area (Å²) in [6.45, 7) is 5.40. The van der Waals surface area contributed by atoms with E-state index in [2.05, 4.69) is 5.32 Å². The molecule has 100 valence electrons. The molecule has 0 amide bonds. The molecule has 0 aromatic carbocycles. The summed E-state index contributed by atoms with van der Waals surface area (Å²) in [6.07, 6.45) is 0. The Balaban J connectivity index is 3.40. The molecule has 18 heavy (non-hydrogen) atoms. The molecule has 1 rings (SSSR count). The SMILES string of the molecule is CNC(C)C(=O)c1c(C)c(C(=O)OC)n(C)c1C. The predicted octanol–water partition coefficient (Wildman–Crippen LogP) is 1.22. The Morgan fingerprint density at radius 3 is 2.33 bits per heavy atom. The molecule has 5 nitrogen and oxygen atoms in total. The first kappa shape index (κ1) is 14.4. The second-order valence-electron chi connectivity index (χ2n) is 4.36. The summed E-state index contributed by atoms with van der Waals surface area (Å²) >= 11 is 0. The number of Topliss-reactive ketones (excluding diaryl/α,β-unsaturated/α-hetero) is 1. The highest BCUT2D eigenvalue weighted by Gasteiger charge is 2.27. The maximum absolute atomic E-state index is 12.3. The van der Waals surface area contributed by atoms with Crippen molar-refractivity contribution in [3.8, 4) is 0 Å². The van der Waals surface area contributed by atoms with Crippen molar-refractivity contribution in [1.29, 1.82) is 0 Å². The Morgan fingerprint density at radius 1 is 1.33 bits per heavy atom. The minimum absolute atomic E-state index is 0.0155. The molecule has 0 radical (unpaired) electrons. The Hall–Kier alpha value is -1.62. The van der Waals surface area contributed by atoms with Crippen LogP contribution < -0.4 is 5.32 Å². The number of carbonyl (C=O) groups excluding carboxylic acids is 2. The largest absolute Gasteiger partial charge is 0.464 e. The van der Waals surface area contributed by atoms with Gasteiger partial charge in [-0.2, -0.15) is 0 Å². The number of carbonyl (C=O) groups is 2. The van der Waals surface area contributed by atoms with Gasteiger partial charge in [-0.05, 0) is 33.4 Å². The van der Waals surface area contributed by atoms with Gasteiger partial charge in [-0.3, -0.25) is 4.79 Å². The highest BCUT2D eigenvalue weighted by molar-refractivity contribution is 6.05. The number of rotatable bonds is 4. The highest BCUT2D eigenvalue weighted by Crippen LogP contribution is 2.23. The lowest BCUT2D eigenvalue weighted by Crippen LogP contribution is -2.31. The summed E-state index contributed by atoms with van der Waals surface area (Å²) in [5, 5.41) is 2.91. The summed E-state index contributed by atoms with van der Waals surface area (Å²) in [7, 11) is 4.83. The molecule has 1 aromatic rings.